The zero-order valence-corrected chi connectivity index (χ0v) is 16.0. The van der Waals surface area contributed by atoms with E-state index in [1.165, 1.54) is 6.21 Å². The SMILES string of the molecule is O=C1[C@H]2C3c4ccccc4C(c4ccccc43)[C@@H]2C(=O)N1/N=C\c1ccccc1O. The quantitative estimate of drug-likeness (QED) is 0.533. The third-order valence-electron chi connectivity index (χ3n) is 6.67. The van der Waals surface area contributed by atoms with Crippen molar-refractivity contribution in [2.45, 2.75) is 11.8 Å². The Morgan fingerprint density at radius 1 is 0.700 bits per heavy atom. The second-order valence-corrected chi connectivity index (χ2v) is 8.06. The van der Waals surface area contributed by atoms with Crippen LogP contribution in [-0.2, 0) is 9.59 Å². The van der Waals surface area contributed by atoms with Gasteiger partial charge in [-0.3, -0.25) is 9.59 Å². The first-order chi connectivity index (χ1) is 14.7. The Morgan fingerprint density at radius 3 is 1.60 bits per heavy atom. The van der Waals surface area contributed by atoms with E-state index in [0.29, 0.717) is 5.56 Å². The van der Waals surface area contributed by atoms with Crippen molar-refractivity contribution in [3.05, 3.63) is 101 Å². The van der Waals surface area contributed by atoms with Crippen LogP contribution in [0.15, 0.2) is 77.9 Å². The maximum absolute atomic E-state index is 13.4. The summed E-state index contributed by atoms with van der Waals surface area (Å²) in [6, 6.07) is 23.0. The van der Waals surface area contributed by atoms with Gasteiger partial charge in [0.1, 0.15) is 5.75 Å². The topological polar surface area (TPSA) is 70.0 Å². The van der Waals surface area contributed by atoms with E-state index in [9.17, 15) is 14.7 Å². The van der Waals surface area contributed by atoms with Crippen LogP contribution in [0.4, 0.5) is 0 Å². The number of aromatic hydroxyl groups is 1. The minimum atomic E-state index is -0.450. The van der Waals surface area contributed by atoms with Gasteiger partial charge in [-0.2, -0.15) is 10.1 Å². The molecule has 1 fully saturated rings. The van der Waals surface area contributed by atoms with E-state index in [4.69, 9.17) is 0 Å². The van der Waals surface area contributed by atoms with E-state index in [1.807, 2.05) is 24.3 Å². The number of rotatable bonds is 2. The Balaban J connectivity index is 1.47. The van der Waals surface area contributed by atoms with Gasteiger partial charge in [-0.15, -0.1) is 0 Å². The number of hydrazone groups is 1. The highest BCUT2D eigenvalue weighted by molar-refractivity contribution is 6.08. The Hall–Kier alpha value is -3.73. The number of phenolic OH excluding ortho intramolecular Hbond substituents is 1. The zero-order valence-electron chi connectivity index (χ0n) is 16.0. The predicted molar refractivity (Wildman–Crippen MR) is 111 cm³/mol. The number of amides is 2. The van der Waals surface area contributed by atoms with E-state index in [1.54, 1.807) is 24.3 Å². The maximum atomic E-state index is 13.4. The molecule has 2 amide bonds. The molecule has 30 heavy (non-hydrogen) atoms. The summed E-state index contributed by atoms with van der Waals surface area (Å²) in [5.41, 5.74) is 5.00. The van der Waals surface area contributed by atoms with Gasteiger partial charge in [-0.25, -0.2) is 0 Å². The van der Waals surface area contributed by atoms with Crippen molar-refractivity contribution in [2.24, 2.45) is 16.9 Å². The molecule has 4 aliphatic rings. The number of para-hydroxylation sites is 1. The Labute approximate surface area is 173 Å². The molecule has 0 aromatic heterocycles. The maximum Gasteiger partial charge on any atom is 0.254 e. The number of carbonyl (C=O) groups excluding carboxylic acids is 2. The number of nitrogens with zero attached hydrogens (tertiary/aromatic N) is 2. The van der Waals surface area contributed by atoms with Gasteiger partial charge in [0.05, 0.1) is 18.1 Å². The normalized spacial score (nSPS) is 26.1. The van der Waals surface area contributed by atoms with E-state index < -0.39 is 11.8 Å². The molecular weight excluding hydrogens is 376 g/mol. The van der Waals surface area contributed by atoms with Crippen molar-refractivity contribution >= 4 is 18.0 Å². The summed E-state index contributed by atoms with van der Waals surface area (Å²) < 4.78 is 0. The average molecular weight is 394 g/mol. The third kappa shape index (κ3) is 2.15. The fourth-order valence-electron chi connectivity index (χ4n) is 5.49. The van der Waals surface area contributed by atoms with Crippen molar-refractivity contribution in [1.82, 2.24) is 5.01 Å². The van der Waals surface area contributed by atoms with Gasteiger partial charge >= 0.3 is 0 Å². The van der Waals surface area contributed by atoms with E-state index in [2.05, 4.69) is 29.4 Å². The summed E-state index contributed by atoms with van der Waals surface area (Å²) in [6.45, 7) is 0. The number of phenols is 1. The molecule has 3 aromatic rings. The molecule has 2 bridgehead atoms. The minimum absolute atomic E-state index is 0.0534. The van der Waals surface area contributed by atoms with Crippen molar-refractivity contribution < 1.29 is 14.7 Å². The molecule has 0 spiro atoms. The van der Waals surface area contributed by atoms with Crippen LogP contribution in [0.2, 0.25) is 0 Å². The molecule has 0 saturated carbocycles. The lowest BCUT2D eigenvalue weighted by molar-refractivity contribution is -0.139. The molecule has 0 unspecified atom stereocenters. The molecule has 5 heteroatoms. The molecular formula is C25H18N2O3. The van der Waals surface area contributed by atoms with Gasteiger partial charge in [0.2, 0.25) is 0 Å². The van der Waals surface area contributed by atoms with Crippen LogP contribution >= 0.6 is 0 Å². The lowest BCUT2D eigenvalue weighted by Gasteiger charge is -2.45. The molecule has 0 radical (unpaired) electrons. The summed E-state index contributed by atoms with van der Waals surface area (Å²) in [6.07, 6.45) is 1.38. The number of benzene rings is 3. The lowest BCUT2D eigenvalue weighted by atomic mass is 9.55. The highest BCUT2D eigenvalue weighted by Crippen LogP contribution is 2.60. The number of hydrogen-bond acceptors (Lipinski definition) is 4. The molecule has 1 N–H and O–H groups in total. The highest BCUT2D eigenvalue weighted by atomic mass is 16.3. The van der Waals surface area contributed by atoms with E-state index in [0.717, 1.165) is 27.3 Å². The van der Waals surface area contributed by atoms with E-state index >= 15 is 0 Å². The molecule has 7 rings (SSSR count). The molecule has 2 atom stereocenters. The van der Waals surface area contributed by atoms with Gasteiger partial charge in [-0.1, -0.05) is 60.7 Å². The van der Waals surface area contributed by atoms with E-state index in [-0.39, 0.29) is 29.4 Å². The molecule has 1 heterocycles. The van der Waals surface area contributed by atoms with Crippen molar-refractivity contribution in [2.75, 3.05) is 0 Å². The van der Waals surface area contributed by atoms with Gasteiger partial charge in [0.25, 0.3) is 11.8 Å². The first kappa shape index (κ1) is 17.2. The van der Waals surface area contributed by atoms with Crippen LogP contribution in [0.3, 0.4) is 0 Å². The highest BCUT2D eigenvalue weighted by Gasteiger charge is 2.61. The van der Waals surface area contributed by atoms with Gasteiger partial charge < -0.3 is 5.11 Å². The Bertz CT molecular complexity index is 1130. The third-order valence-corrected chi connectivity index (χ3v) is 6.67. The van der Waals surface area contributed by atoms with Crippen LogP contribution in [0.25, 0.3) is 0 Å². The smallest absolute Gasteiger partial charge is 0.254 e. The lowest BCUT2D eigenvalue weighted by Crippen LogP contribution is -2.41. The summed E-state index contributed by atoms with van der Waals surface area (Å²) in [7, 11) is 0. The minimum Gasteiger partial charge on any atom is -0.507 e. The Morgan fingerprint density at radius 2 is 1.13 bits per heavy atom. The monoisotopic (exact) mass is 394 g/mol. The zero-order chi connectivity index (χ0) is 20.4. The molecule has 3 aromatic carbocycles. The second kappa shape index (κ2) is 6.13. The standard InChI is InChI=1S/C25H18N2O3/c28-19-12-6-1-7-14(19)13-26-27-24(29)22-20-15-8-2-3-9-16(15)21(23(22)25(27)30)18-11-5-4-10-17(18)20/h1-13,20-23,28H/b26-13-/t20?,21?,22-,23-/m0/s1. The molecule has 5 nitrogen and oxygen atoms in total. The van der Waals surface area contributed by atoms with Gasteiger partial charge in [0, 0.05) is 17.4 Å². The van der Waals surface area contributed by atoms with Crippen molar-refractivity contribution in [3.63, 3.8) is 0 Å². The molecule has 1 saturated heterocycles. The van der Waals surface area contributed by atoms with Crippen LogP contribution in [0, 0.1) is 11.8 Å². The largest absolute Gasteiger partial charge is 0.507 e. The molecule has 3 aliphatic carbocycles. The second-order valence-electron chi connectivity index (χ2n) is 8.06. The first-order valence-electron chi connectivity index (χ1n) is 10.0. The summed E-state index contributed by atoms with van der Waals surface area (Å²) in [5.74, 6) is -1.67. The Kier molecular flexibility index (Phi) is 3.51. The average Bonchev–Trinajstić information content (AvgIpc) is 3.04. The summed E-state index contributed by atoms with van der Waals surface area (Å²) in [4.78, 5) is 26.8. The molecule has 146 valence electrons. The number of imide groups is 1. The van der Waals surface area contributed by atoms with Gasteiger partial charge in [-0.05, 0) is 34.4 Å². The van der Waals surface area contributed by atoms with Gasteiger partial charge in [0.15, 0.2) is 0 Å². The van der Waals surface area contributed by atoms with Crippen LogP contribution in [0.5, 0.6) is 5.75 Å². The van der Waals surface area contributed by atoms with Crippen LogP contribution in [0.1, 0.15) is 39.7 Å². The fourth-order valence-corrected chi connectivity index (χ4v) is 5.49. The van der Waals surface area contributed by atoms with Crippen molar-refractivity contribution in [1.29, 1.82) is 0 Å². The first-order valence-corrected chi connectivity index (χ1v) is 10.0. The molecule has 1 aliphatic heterocycles. The summed E-state index contributed by atoms with van der Waals surface area (Å²) in [5, 5.41) is 15.2. The summed E-state index contributed by atoms with van der Waals surface area (Å²) >= 11 is 0. The van der Waals surface area contributed by atoms with Crippen molar-refractivity contribution in [3.8, 4) is 5.75 Å². The fraction of sp³-hybridized carbons (Fsp3) is 0.160. The number of carbonyl (C=O) groups is 2. The predicted octanol–water partition coefficient (Wildman–Crippen LogP) is 3.62. The number of hydrogen-bond donors (Lipinski definition) is 1. The van der Waals surface area contributed by atoms with Crippen LogP contribution in [-0.4, -0.2) is 28.1 Å². The van der Waals surface area contributed by atoms with Crippen LogP contribution < -0.4 is 0 Å².